The Morgan fingerprint density at radius 3 is 2.65 bits per heavy atom. The number of piperidine rings is 1. The van der Waals surface area contributed by atoms with Gasteiger partial charge < -0.3 is 25.4 Å². The molecule has 7 nitrogen and oxygen atoms in total. The first-order valence-electron chi connectivity index (χ1n) is 8.82. The van der Waals surface area contributed by atoms with Crippen molar-refractivity contribution < 1.29 is 19.1 Å². The summed E-state index contributed by atoms with van der Waals surface area (Å²) in [5.74, 6) is 0.0467. The van der Waals surface area contributed by atoms with Crippen molar-refractivity contribution in [1.29, 1.82) is 0 Å². The number of hydrogen-bond donors (Lipinski definition) is 3. The van der Waals surface area contributed by atoms with Gasteiger partial charge in [0.2, 0.25) is 5.91 Å². The zero-order chi connectivity index (χ0) is 15.8. The number of fused-ring (bicyclic) bond motifs is 2. The minimum Gasteiger partial charge on any atom is -0.376 e. The van der Waals surface area contributed by atoms with E-state index in [0.29, 0.717) is 18.9 Å². The van der Waals surface area contributed by atoms with Gasteiger partial charge in [-0.05, 0) is 38.5 Å². The van der Waals surface area contributed by atoms with Gasteiger partial charge in [-0.3, -0.25) is 4.79 Å². The minimum absolute atomic E-state index is 0.00961. The van der Waals surface area contributed by atoms with E-state index in [1.165, 1.54) is 0 Å². The van der Waals surface area contributed by atoms with Crippen LogP contribution in [0.3, 0.4) is 0 Å². The summed E-state index contributed by atoms with van der Waals surface area (Å²) in [5, 5.41) is 9.11. The number of hydrogen-bond acceptors (Lipinski definition) is 4. The molecule has 0 spiro atoms. The van der Waals surface area contributed by atoms with Gasteiger partial charge >= 0.3 is 6.03 Å². The van der Waals surface area contributed by atoms with Crippen LogP contribution < -0.4 is 16.0 Å². The average Bonchev–Trinajstić information content (AvgIpc) is 3.25. The summed E-state index contributed by atoms with van der Waals surface area (Å²) in [7, 11) is 0. The molecule has 3 N–H and O–H groups in total. The third kappa shape index (κ3) is 3.17. The SMILES string of the molecule is O=C1CCC(NC(=O)NC2CC3CCC2O3)C(C2CCCO2)N1. The van der Waals surface area contributed by atoms with Gasteiger partial charge in [-0.25, -0.2) is 4.79 Å². The number of urea groups is 1. The molecule has 0 aliphatic carbocycles. The number of nitrogens with one attached hydrogen (secondary N) is 3. The Morgan fingerprint density at radius 1 is 1.09 bits per heavy atom. The molecule has 2 bridgehead atoms. The first-order valence-corrected chi connectivity index (χ1v) is 8.82. The van der Waals surface area contributed by atoms with Crippen LogP contribution in [0.4, 0.5) is 4.79 Å². The molecule has 4 rings (SSSR count). The van der Waals surface area contributed by atoms with E-state index in [1.54, 1.807) is 0 Å². The molecule has 4 heterocycles. The van der Waals surface area contributed by atoms with Gasteiger partial charge in [0.15, 0.2) is 0 Å². The molecule has 6 unspecified atom stereocenters. The quantitative estimate of drug-likeness (QED) is 0.703. The molecule has 7 heteroatoms. The zero-order valence-electron chi connectivity index (χ0n) is 13.3. The summed E-state index contributed by atoms with van der Waals surface area (Å²) in [6, 6.07) is -0.237. The Labute approximate surface area is 135 Å². The van der Waals surface area contributed by atoms with E-state index in [2.05, 4.69) is 16.0 Å². The summed E-state index contributed by atoms with van der Waals surface area (Å²) in [4.78, 5) is 24.1. The van der Waals surface area contributed by atoms with Gasteiger partial charge in [-0.1, -0.05) is 0 Å². The van der Waals surface area contributed by atoms with Crippen molar-refractivity contribution >= 4 is 11.9 Å². The summed E-state index contributed by atoms with van der Waals surface area (Å²) >= 11 is 0. The highest BCUT2D eigenvalue weighted by molar-refractivity contribution is 5.79. The van der Waals surface area contributed by atoms with Gasteiger partial charge in [0.05, 0.1) is 36.4 Å². The second kappa shape index (κ2) is 6.28. The maximum Gasteiger partial charge on any atom is 0.315 e. The summed E-state index contributed by atoms with van der Waals surface area (Å²) in [6.45, 7) is 0.735. The Kier molecular flexibility index (Phi) is 4.15. The molecule has 128 valence electrons. The number of amides is 3. The van der Waals surface area contributed by atoms with E-state index in [0.717, 1.165) is 38.7 Å². The Bertz CT molecular complexity index is 480. The van der Waals surface area contributed by atoms with Gasteiger partial charge in [0, 0.05) is 13.0 Å². The average molecular weight is 323 g/mol. The predicted octanol–water partition coefficient (Wildman–Crippen LogP) is 0.432. The van der Waals surface area contributed by atoms with Gasteiger partial charge in [-0.15, -0.1) is 0 Å². The number of carbonyl (C=O) groups is 2. The Hall–Kier alpha value is -1.34. The van der Waals surface area contributed by atoms with Crippen molar-refractivity contribution in [1.82, 2.24) is 16.0 Å². The van der Waals surface area contributed by atoms with Crippen LogP contribution in [-0.4, -0.2) is 55.0 Å². The van der Waals surface area contributed by atoms with E-state index >= 15 is 0 Å². The maximum absolute atomic E-state index is 12.4. The molecule has 4 aliphatic heterocycles. The highest BCUT2D eigenvalue weighted by atomic mass is 16.5. The lowest BCUT2D eigenvalue weighted by Crippen LogP contribution is -2.62. The molecular weight excluding hydrogens is 298 g/mol. The highest BCUT2D eigenvalue weighted by Gasteiger charge is 2.42. The molecule has 0 aromatic carbocycles. The second-order valence-corrected chi connectivity index (χ2v) is 7.12. The Morgan fingerprint density at radius 2 is 1.96 bits per heavy atom. The lowest BCUT2D eigenvalue weighted by molar-refractivity contribution is -0.125. The fourth-order valence-electron chi connectivity index (χ4n) is 4.39. The molecule has 0 saturated carbocycles. The third-order valence-electron chi connectivity index (χ3n) is 5.55. The monoisotopic (exact) mass is 323 g/mol. The van der Waals surface area contributed by atoms with Crippen LogP contribution in [-0.2, 0) is 14.3 Å². The van der Waals surface area contributed by atoms with Gasteiger partial charge in [0.1, 0.15) is 0 Å². The smallest absolute Gasteiger partial charge is 0.315 e. The fraction of sp³-hybridized carbons (Fsp3) is 0.875. The fourth-order valence-corrected chi connectivity index (χ4v) is 4.39. The van der Waals surface area contributed by atoms with E-state index in [9.17, 15) is 9.59 Å². The van der Waals surface area contributed by atoms with Crippen molar-refractivity contribution in [2.24, 2.45) is 0 Å². The van der Waals surface area contributed by atoms with Crippen molar-refractivity contribution in [2.75, 3.05) is 6.61 Å². The largest absolute Gasteiger partial charge is 0.376 e. The molecule has 0 aromatic heterocycles. The molecule has 0 radical (unpaired) electrons. The molecule has 4 aliphatic rings. The number of carbonyl (C=O) groups excluding carboxylic acids is 2. The van der Waals surface area contributed by atoms with Crippen molar-refractivity contribution in [3.63, 3.8) is 0 Å². The minimum atomic E-state index is -0.157. The van der Waals surface area contributed by atoms with Crippen LogP contribution in [0, 0.1) is 0 Å². The van der Waals surface area contributed by atoms with Crippen LogP contribution in [0.5, 0.6) is 0 Å². The van der Waals surface area contributed by atoms with Crippen molar-refractivity contribution in [2.45, 2.75) is 81.4 Å². The van der Waals surface area contributed by atoms with Gasteiger partial charge in [-0.2, -0.15) is 0 Å². The summed E-state index contributed by atoms with van der Waals surface area (Å²) < 4.78 is 11.5. The lowest BCUT2D eigenvalue weighted by Gasteiger charge is -2.36. The van der Waals surface area contributed by atoms with Gasteiger partial charge in [0.25, 0.3) is 0 Å². The zero-order valence-corrected chi connectivity index (χ0v) is 13.3. The normalized spacial score (nSPS) is 42.5. The summed E-state index contributed by atoms with van der Waals surface area (Å²) in [5.41, 5.74) is 0. The molecule has 4 saturated heterocycles. The van der Waals surface area contributed by atoms with E-state index in [-0.39, 0.29) is 42.3 Å². The topological polar surface area (TPSA) is 88.7 Å². The third-order valence-corrected chi connectivity index (χ3v) is 5.55. The molecule has 3 amide bonds. The van der Waals surface area contributed by atoms with E-state index < -0.39 is 0 Å². The highest BCUT2D eigenvalue weighted by Crippen LogP contribution is 2.34. The van der Waals surface area contributed by atoms with Crippen LogP contribution in [0.1, 0.15) is 44.9 Å². The maximum atomic E-state index is 12.4. The van der Waals surface area contributed by atoms with Crippen molar-refractivity contribution in [3.8, 4) is 0 Å². The number of ether oxygens (including phenoxy) is 2. The molecule has 6 atom stereocenters. The molecular formula is C16H25N3O4. The molecule has 23 heavy (non-hydrogen) atoms. The van der Waals surface area contributed by atoms with Crippen molar-refractivity contribution in [3.05, 3.63) is 0 Å². The van der Waals surface area contributed by atoms with E-state index in [4.69, 9.17) is 9.47 Å². The first-order chi connectivity index (χ1) is 11.2. The molecule has 4 fully saturated rings. The Balaban J connectivity index is 1.34. The van der Waals surface area contributed by atoms with E-state index in [1.807, 2.05) is 0 Å². The standard InChI is InChI=1S/C16H25N3O4/c20-14-6-4-10(15(19-14)13-2-1-7-22-13)17-16(21)18-11-8-9-3-5-12(11)23-9/h9-13,15H,1-8H2,(H,19,20)(H2,17,18,21). The van der Waals surface area contributed by atoms with Crippen LogP contribution in [0.15, 0.2) is 0 Å². The number of rotatable bonds is 3. The predicted molar refractivity (Wildman–Crippen MR) is 81.9 cm³/mol. The van der Waals surface area contributed by atoms with Crippen LogP contribution >= 0.6 is 0 Å². The first kappa shape index (κ1) is 15.2. The second-order valence-electron chi connectivity index (χ2n) is 7.12. The molecule has 0 aromatic rings. The van der Waals surface area contributed by atoms with Crippen LogP contribution in [0.2, 0.25) is 0 Å². The lowest BCUT2D eigenvalue weighted by atomic mass is 9.92. The van der Waals surface area contributed by atoms with Crippen LogP contribution in [0.25, 0.3) is 0 Å². The summed E-state index contributed by atoms with van der Waals surface area (Å²) in [6.07, 6.45) is 6.62.